The lowest BCUT2D eigenvalue weighted by Crippen LogP contribution is -2.03. The molecule has 0 aliphatic rings. The van der Waals surface area contributed by atoms with E-state index in [9.17, 15) is 4.79 Å². The van der Waals surface area contributed by atoms with Crippen molar-refractivity contribution in [2.24, 2.45) is 0 Å². The molecule has 1 aromatic heterocycles. The molecule has 0 atom stereocenters. The van der Waals surface area contributed by atoms with Gasteiger partial charge in [-0.2, -0.15) is 0 Å². The van der Waals surface area contributed by atoms with E-state index in [-0.39, 0.29) is 5.43 Å². The number of hydrogen-bond acceptors (Lipinski definition) is 2. The van der Waals surface area contributed by atoms with Crippen molar-refractivity contribution in [3.63, 3.8) is 0 Å². The summed E-state index contributed by atoms with van der Waals surface area (Å²) in [5.41, 5.74) is 2.83. The minimum absolute atomic E-state index is 0.168. The largest absolute Gasteiger partial charge is 0.289 e. The average Bonchev–Trinajstić information content (AvgIpc) is 2.46. The van der Waals surface area contributed by atoms with Crippen molar-refractivity contribution >= 4 is 31.5 Å². The van der Waals surface area contributed by atoms with Crippen molar-refractivity contribution in [1.82, 2.24) is 0 Å². The van der Waals surface area contributed by atoms with E-state index in [0.29, 0.717) is 0 Å². The molecule has 0 spiro atoms. The van der Waals surface area contributed by atoms with Crippen LogP contribution in [0.2, 0.25) is 0 Å². The molecule has 0 amide bonds. The Morgan fingerprint density at radius 3 is 2.32 bits per heavy atom. The van der Waals surface area contributed by atoms with Crippen LogP contribution in [0.4, 0.5) is 0 Å². The Morgan fingerprint density at radius 2 is 1.58 bits per heavy atom. The summed E-state index contributed by atoms with van der Waals surface area (Å²) in [4.78, 5) is 12.6. The third-order valence-electron chi connectivity index (χ3n) is 3.66. The maximum Gasteiger partial charge on any atom is 0.195 e. The van der Waals surface area contributed by atoms with E-state index < -0.39 is 0 Å². The molecule has 1 heterocycles. The molecular formula is C17H16OS. The predicted molar refractivity (Wildman–Crippen MR) is 84.4 cm³/mol. The van der Waals surface area contributed by atoms with Gasteiger partial charge in [0.25, 0.3) is 0 Å². The SMILES string of the molecule is CCc1cc2sc3ccccc3c(=O)c2cc1CC. The topological polar surface area (TPSA) is 17.1 Å². The Labute approximate surface area is 116 Å². The summed E-state index contributed by atoms with van der Waals surface area (Å²) in [5.74, 6) is 0. The second kappa shape index (κ2) is 4.78. The molecule has 3 aromatic rings. The van der Waals surface area contributed by atoms with Gasteiger partial charge in [-0.25, -0.2) is 0 Å². The smallest absolute Gasteiger partial charge is 0.195 e. The van der Waals surface area contributed by atoms with E-state index >= 15 is 0 Å². The lowest BCUT2D eigenvalue weighted by molar-refractivity contribution is 1.04. The van der Waals surface area contributed by atoms with Crippen LogP contribution in [-0.4, -0.2) is 0 Å². The molecule has 2 aromatic carbocycles. The fourth-order valence-electron chi connectivity index (χ4n) is 2.59. The first-order chi connectivity index (χ1) is 9.24. The second-order valence-electron chi connectivity index (χ2n) is 4.75. The highest BCUT2D eigenvalue weighted by molar-refractivity contribution is 7.24. The van der Waals surface area contributed by atoms with Crippen LogP contribution in [0.5, 0.6) is 0 Å². The Morgan fingerprint density at radius 1 is 0.895 bits per heavy atom. The first kappa shape index (κ1) is 12.4. The van der Waals surface area contributed by atoms with Crippen molar-refractivity contribution in [1.29, 1.82) is 0 Å². The molecule has 0 saturated carbocycles. The first-order valence-electron chi connectivity index (χ1n) is 6.72. The zero-order valence-electron chi connectivity index (χ0n) is 11.2. The maximum absolute atomic E-state index is 12.6. The fraction of sp³-hybridized carbons (Fsp3) is 0.235. The highest BCUT2D eigenvalue weighted by Crippen LogP contribution is 2.27. The van der Waals surface area contributed by atoms with Gasteiger partial charge in [0.15, 0.2) is 5.43 Å². The van der Waals surface area contributed by atoms with E-state index in [2.05, 4.69) is 26.0 Å². The van der Waals surface area contributed by atoms with Gasteiger partial charge in [0.1, 0.15) is 0 Å². The molecule has 96 valence electrons. The molecule has 0 aliphatic heterocycles. The van der Waals surface area contributed by atoms with Gasteiger partial charge in [0.2, 0.25) is 0 Å². The van der Waals surface area contributed by atoms with Crippen LogP contribution >= 0.6 is 11.3 Å². The van der Waals surface area contributed by atoms with Crippen LogP contribution in [0, 0.1) is 0 Å². The molecule has 0 radical (unpaired) electrons. The van der Waals surface area contributed by atoms with Crippen LogP contribution in [0.25, 0.3) is 20.2 Å². The normalized spacial score (nSPS) is 11.3. The summed E-state index contributed by atoms with van der Waals surface area (Å²) in [7, 11) is 0. The summed E-state index contributed by atoms with van der Waals surface area (Å²) >= 11 is 1.71. The van der Waals surface area contributed by atoms with Crippen LogP contribution in [0.15, 0.2) is 41.2 Å². The van der Waals surface area contributed by atoms with Gasteiger partial charge < -0.3 is 0 Å². The van der Waals surface area contributed by atoms with Crippen molar-refractivity contribution in [2.45, 2.75) is 26.7 Å². The molecule has 0 unspecified atom stereocenters. The van der Waals surface area contributed by atoms with Crippen molar-refractivity contribution < 1.29 is 0 Å². The number of benzene rings is 2. The molecule has 19 heavy (non-hydrogen) atoms. The molecule has 1 nitrogen and oxygen atoms in total. The van der Waals surface area contributed by atoms with E-state index in [1.54, 1.807) is 11.3 Å². The fourth-order valence-corrected chi connectivity index (χ4v) is 3.71. The quantitative estimate of drug-likeness (QED) is 0.624. The lowest BCUT2D eigenvalue weighted by Gasteiger charge is -2.08. The molecule has 0 saturated heterocycles. The molecule has 0 N–H and O–H groups in total. The number of fused-ring (bicyclic) bond motifs is 2. The summed E-state index contributed by atoms with van der Waals surface area (Å²) in [5, 5.41) is 1.71. The van der Waals surface area contributed by atoms with Gasteiger partial charge in [0.05, 0.1) is 0 Å². The van der Waals surface area contributed by atoms with Gasteiger partial charge >= 0.3 is 0 Å². The number of rotatable bonds is 2. The summed E-state index contributed by atoms with van der Waals surface area (Å²) in [6, 6.07) is 12.2. The van der Waals surface area contributed by atoms with E-state index in [1.807, 2.05) is 24.3 Å². The molecule has 0 bridgehead atoms. The molecule has 2 heteroatoms. The van der Waals surface area contributed by atoms with E-state index in [0.717, 1.165) is 33.0 Å². The number of hydrogen-bond donors (Lipinski definition) is 0. The predicted octanol–water partition coefficient (Wildman–Crippen LogP) is 4.54. The standard InChI is InChI=1S/C17H16OS/c1-3-11-9-14-16(10-12(11)4-2)19-15-8-6-5-7-13(15)17(14)18/h5-10H,3-4H2,1-2H3. The Hall–Kier alpha value is -1.67. The maximum atomic E-state index is 12.6. The zero-order valence-corrected chi connectivity index (χ0v) is 12.0. The van der Waals surface area contributed by atoms with Crippen molar-refractivity contribution in [2.75, 3.05) is 0 Å². The highest BCUT2D eigenvalue weighted by atomic mass is 32.1. The van der Waals surface area contributed by atoms with Crippen LogP contribution < -0.4 is 5.43 Å². The average molecular weight is 268 g/mol. The van der Waals surface area contributed by atoms with Gasteiger partial charge in [-0.1, -0.05) is 26.0 Å². The third-order valence-corrected chi connectivity index (χ3v) is 4.79. The second-order valence-corrected chi connectivity index (χ2v) is 5.84. The highest BCUT2D eigenvalue weighted by Gasteiger charge is 2.08. The summed E-state index contributed by atoms with van der Waals surface area (Å²) in [6.45, 7) is 4.32. The van der Waals surface area contributed by atoms with Gasteiger partial charge in [0, 0.05) is 20.2 Å². The Kier molecular flexibility index (Phi) is 3.11. The summed E-state index contributed by atoms with van der Waals surface area (Å²) < 4.78 is 2.18. The van der Waals surface area contributed by atoms with Gasteiger partial charge in [-0.05, 0) is 48.2 Å². The lowest BCUT2D eigenvalue weighted by atomic mass is 10.0. The molecule has 0 fully saturated rings. The molecular weight excluding hydrogens is 252 g/mol. The Balaban J connectivity index is 2.48. The van der Waals surface area contributed by atoms with Crippen molar-refractivity contribution in [3.8, 4) is 0 Å². The van der Waals surface area contributed by atoms with E-state index in [1.165, 1.54) is 11.1 Å². The molecule has 3 rings (SSSR count). The van der Waals surface area contributed by atoms with Crippen LogP contribution in [0.3, 0.4) is 0 Å². The van der Waals surface area contributed by atoms with E-state index in [4.69, 9.17) is 0 Å². The Bertz CT molecular complexity index is 814. The van der Waals surface area contributed by atoms with Gasteiger partial charge in [-0.3, -0.25) is 4.79 Å². The molecule has 0 aliphatic carbocycles. The minimum atomic E-state index is 0.168. The van der Waals surface area contributed by atoms with Crippen LogP contribution in [0.1, 0.15) is 25.0 Å². The van der Waals surface area contributed by atoms with Crippen LogP contribution in [-0.2, 0) is 12.8 Å². The van der Waals surface area contributed by atoms with Crippen molar-refractivity contribution in [3.05, 3.63) is 57.7 Å². The third kappa shape index (κ3) is 1.96. The first-order valence-corrected chi connectivity index (χ1v) is 7.53. The number of aryl methyl sites for hydroxylation is 2. The summed E-state index contributed by atoms with van der Waals surface area (Å²) in [6.07, 6.45) is 2.00. The van der Waals surface area contributed by atoms with Gasteiger partial charge in [-0.15, -0.1) is 11.3 Å². The minimum Gasteiger partial charge on any atom is -0.289 e. The zero-order chi connectivity index (χ0) is 13.4. The monoisotopic (exact) mass is 268 g/mol.